The maximum absolute atomic E-state index is 9.26. The second-order valence-electron chi connectivity index (χ2n) is 5.06. The first-order chi connectivity index (χ1) is 11.5. The van der Waals surface area contributed by atoms with Crippen molar-refractivity contribution in [1.82, 2.24) is 0 Å². The Morgan fingerprint density at radius 3 is 2.21 bits per heavy atom. The zero-order valence-corrected chi connectivity index (χ0v) is 15.1. The van der Waals surface area contributed by atoms with Crippen molar-refractivity contribution >= 4 is 34.8 Å². The second kappa shape index (κ2) is 8.27. The zero-order chi connectivity index (χ0) is 17.7. The standard InChI is InChI=1S/C18H13Cl3N2O/c1-2-3-6-11-7-4-5-8-14(11)24-18-16(20)13(10-23)12(9-22)15(19)17(18)21/h4-5,7-8H,2-3,6H2,1H3. The number of para-hydroxylation sites is 1. The lowest BCUT2D eigenvalue weighted by Crippen LogP contribution is -1.97. The van der Waals surface area contributed by atoms with Gasteiger partial charge in [-0.1, -0.05) is 66.3 Å². The Labute approximate surface area is 155 Å². The third-order valence-electron chi connectivity index (χ3n) is 3.49. The number of nitrogens with zero attached hydrogens (tertiary/aromatic N) is 2. The molecule has 0 saturated carbocycles. The van der Waals surface area contributed by atoms with E-state index in [1.807, 2.05) is 30.3 Å². The third-order valence-corrected chi connectivity index (χ3v) is 4.68. The van der Waals surface area contributed by atoms with Gasteiger partial charge in [0.1, 0.15) is 27.9 Å². The van der Waals surface area contributed by atoms with Crippen LogP contribution in [0.2, 0.25) is 15.1 Å². The van der Waals surface area contributed by atoms with Crippen LogP contribution in [0.3, 0.4) is 0 Å². The van der Waals surface area contributed by atoms with Gasteiger partial charge in [-0.05, 0) is 24.5 Å². The fourth-order valence-corrected chi connectivity index (χ4v) is 2.99. The summed E-state index contributed by atoms with van der Waals surface area (Å²) in [6.45, 7) is 2.11. The topological polar surface area (TPSA) is 56.8 Å². The van der Waals surface area contributed by atoms with Gasteiger partial charge in [0.2, 0.25) is 0 Å². The van der Waals surface area contributed by atoms with Crippen molar-refractivity contribution in [2.45, 2.75) is 26.2 Å². The van der Waals surface area contributed by atoms with Crippen molar-refractivity contribution in [1.29, 1.82) is 10.5 Å². The molecule has 6 heteroatoms. The molecule has 0 aromatic heterocycles. The number of ether oxygens (including phenoxy) is 1. The smallest absolute Gasteiger partial charge is 0.167 e. The molecule has 0 heterocycles. The van der Waals surface area contributed by atoms with E-state index in [1.165, 1.54) is 0 Å². The van der Waals surface area contributed by atoms with E-state index in [9.17, 15) is 5.26 Å². The quantitative estimate of drug-likeness (QED) is 0.555. The molecular formula is C18H13Cl3N2O. The van der Waals surface area contributed by atoms with Crippen LogP contribution in [-0.4, -0.2) is 0 Å². The van der Waals surface area contributed by atoms with Gasteiger partial charge in [0.05, 0.1) is 16.1 Å². The minimum Gasteiger partial charge on any atom is -0.454 e. The molecule has 24 heavy (non-hydrogen) atoms. The number of rotatable bonds is 5. The lowest BCUT2D eigenvalue weighted by atomic mass is 10.1. The van der Waals surface area contributed by atoms with E-state index in [4.69, 9.17) is 44.8 Å². The van der Waals surface area contributed by atoms with E-state index >= 15 is 0 Å². The third kappa shape index (κ3) is 3.60. The summed E-state index contributed by atoms with van der Waals surface area (Å²) in [5.74, 6) is 0.683. The molecule has 0 aliphatic heterocycles. The van der Waals surface area contributed by atoms with E-state index in [0.29, 0.717) is 5.75 Å². The zero-order valence-electron chi connectivity index (χ0n) is 12.9. The van der Waals surface area contributed by atoms with Crippen molar-refractivity contribution in [3.63, 3.8) is 0 Å². The van der Waals surface area contributed by atoms with Gasteiger partial charge >= 0.3 is 0 Å². The molecule has 2 aromatic carbocycles. The monoisotopic (exact) mass is 378 g/mol. The van der Waals surface area contributed by atoms with Gasteiger partial charge in [-0.2, -0.15) is 10.5 Å². The molecular weight excluding hydrogens is 367 g/mol. The summed E-state index contributed by atoms with van der Waals surface area (Å²) in [4.78, 5) is 0. The highest BCUT2D eigenvalue weighted by molar-refractivity contribution is 6.46. The molecule has 0 amide bonds. The molecule has 3 nitrogen and oxygen atoms in total. The Hall–Kier alpha value is -1.91. The number of nitriles is 2. The fraction of sp³-hybridized carbons (Fsp3) is 0.222. The highest BCUT2D eigenvalue weighted by Gasteiger charge is 2.23. The van der Waals surface area contributed by atoms with Crippen molar-refractivity contribution in [3.05, 3.63) is 56.0 Å². The van der Waals surface area contributed by atoms with Gasteiger partial charge in [0.25, 0.3) is 0 Å². The van der Waals surface area contributed by atoms with Gasteiger partial charge in [0.15, 0.2) is 5.75 Å². The first kappa shape index (κ1) is 18.4. The van der Waals surface area contributed by atoms with Gasteiger partial charge < -0.3 is 4.74 Å². The number of aryl methyl sites for hydroxylation is 1. The Balaban J connectivity index is 2.55. The Bertz CT molecular complexity index is 851. The molecule has 0 aliphatic rings. The first-order valence-corrected chi connectivity index (χ1v) is 8.44. The second-order valence-corrected chi connectivity index (χ2v) is 6.19. The molecule has 0 unspecified atom stereocenters. The molecule has 122 valence electrons. The molecule has 2 aromatic rings. The Morgan fingerprint density at radius 2 is 1.58 bits per heavy atom. The lowest BCUT2D eigenvalue weighted by molar-refractivity contribution is 0.475. The molecule has 0 radical (unpaired) electrons. The van der Waals surface area contributed by atoms with Crippen LogP contribution in [0.15, 0.2) is 24.3 Å². The first-order valence-electron chi connectivity index (χ1n) is 7.31. The number of unbranched alkanes of at least 4 members (excludes halogenated alkanes) is 1. The summed E-state index contributed by atoms with van der Waals surface area (Å²) in [5.41, 5.74) is 0.904. The number of benzene rings is 2. The normalized spacial score (nSPS) is 10.1. The molecule has 0 N–H and O–H groups in total. The van der Waals surface area contributed by atoms with Crippen LogP contribution >= 0.6 is 34.8 Å². The van der Waals surface area contributed by atoms with Crippen molar-refractivity contribution in [3.8, 4) is 23.6 Å². The highest BCUT2D eigenvalue weighted by Crippen LogP contribution is 2.45. The van der Waals surface area contributed by atoms with Crippen LogP contribution in [0.1, 0.15) is 36.5 Å². The maximum atomic E-state index is 9.26. The molecule has 0 bridgehead atoms. The van der Waals surface area contributed by atoms with E-state index < -0.39 is 0 Å². The minimum atomic E-state index is -0.0548. The minimum absolute atomic E-state index is 0.0162. The molecule has 2 rings (SSSR count). The SMILES string of the molecule is CCCCc1ccccc1Oc1c(Cl)c(Cl)c(C#N)c(C#N)c1Cl. The van der Waals surface area contributed by atoms with E-state index in [1.54, 1.807) is 6.07 Å². The predicted octanol–water partition coefficient (Wildman–Crippen LogP) is 6.53. The van der Waals surface area contributed by atoms with Crippen LogP contribution in [-0.2, 0) is 6.42 Å². The molecule has 0 spiro atoms. The number of hydrogen-bond donors (Lipinski definition) is 0. The molecule has 0 atom stereocenters. The number of hydrogen-bond acceptors (Lipinski definition) is 3. The van der Waals surface area contributed by atoms with Crippen LogP contribution in [0.5, 0.6) is 11.5 Å². The van der Waals surface area contributed by atoms with Crippen LogP contribution in [0, 0.1) is 22.7 Å². The van der Waals surface area contributed by atoms with Gasteiger partial charge in [-0.15, -0.1) is 0 Å². The summed E-state index contributed by atoms with van der Waals surface area (Å²) >= 11 is 18.6. The fourth-order valence-electron chi connectivity index (χ4n) is 2.23. The van der Waals surface area contributed by atoms with Crippen LogP contribution < -0.4 is 4.74 Å². The average molecular weight is 380 g/mol. The van der Waals surface area contributed by atoms with Crippen LogP contribution in [0.4, 0.5) is 0 Å². The largest absolute Gasteiger partial charge is 0.454 e. The molecule has 0 aliphatic carbocycles. The van der Waals surface area contributed by atoms with E-state index in [-0.39, 0.29) is 31.9 Å². The number of halogens is 3. The van der Waals surface area contributed by atoms with Crippen molar-refractivity contribution < 1.29 is 4.74 Å². The lowest BCUT2D eigenvalue weighted by Gasteiger charge is -2.15. The maximum Gasteiger partial charge on any atom is 0.167 e. The van der Waals surface area contributed by atoms with Gasteiger partial charge in [-0.25, -0.2) is 0 Å². The highest BCUT2D eigenvalue weighted by atomic mass is 35.5. The van der Waals surface area contributed by atoms with Crippen molar-refractivity contribution in [2.75, 3.05) is 0 Å². The van der Waals surface area contributed by atoms with Crippen LogP contribution in [0.25, 0.3) is 0 Å². The Morgan fingerprint density at radius 1 is 0.958 bits per heavy atom. The van der Waals surface area contributed by atoms with E-state index in [0.717, 1.165) is 24.8 Å². The summed E-state index contributed by atoms with van der Waals surface area (Å²) < 4.78 is 5.88. The summed E-state index contributed by atoms with van der Waals surface area (Å²) in [6.07, 6.45) is 2.91. The van der Waals surface area contributed by atoms with E-state index in [2.05, 4.69) is 6.92 Å². The van der Waals surface area contributed by atoms with Gasteiger partial charge in [0, 0.05) is 0 Å². The summed E-state index contributed by atoms with van der Waals surface area (Å²) in [7, 11) is 0. The molecule has 0 fully saturated rings. The summed E-state index contributed by atoms with van der Waals surface area (Å²) in [6, 6.07) is 11.3. The Kier molecular flexibility index (Phi) is 6.35. The molecule has 0 saturated heterocycles. The van der Waals surface area contributed by atoms with Gasteiger partial charge in [-0.3, -0.25) is 0 Å². The summed E-state index contributed by atoms with van der Waals surface area (Å²) in [5, 5.41) is 18.4. The van der Waals surface area contributed by atoms with Crippen molar-refractivity contribution in [2.24, 2.45) is 0 Å². The predicted molar refractivity (Wildman–Crippen MR) is 96.0 cm³/mol. The average Bonchev–Trinajstić information content (AvgIpc) is 2.60.